The van der Waals surface area contributed by atoms with Crippen LogP contribution < -0.4 is 0 Å². The standard InChI is InChI=1S/C20H15N3O3/c24-20(11-10-19-22-17-4-1-2-5-18(17)26-19)25-14-15-6-8-16(9-7-15)23-13-3-12-21-23/h1-13H,14H2/b11-10+. The summed E-state index contributed by atoms with van der Waals surface area (Å²) in [6.07, 6.45) is 6.40. The molecule has 0 aliphatic heterocycles. The molecule has 0 aliphatic rings. The molecule has 0 aliphatic carbocycles. The summed E-state index contributed by atoms with van der Waals surface area (Å²) in [6.45, 7) is 0.191. The van der Waals surface area contributed by atoms with E-state index in [1.54, 1.807) is 10.9 Å². The van der Waals surface area contributed by atoms with Gasteiger partial charge in [-0.1, -0.05) is 24.3 Å². The van der Waals surface area contributed by atoms with E-state index >= 15 is 0 Å². The highest BCUT2D eigenvalue weighted by atomic mass is 16.5. The molecule has 0 amide bonds. The van der Waals surface area contributed by atoms with Gasteiger partial charge in [-0.15, -0.1) is 0 Å². The van der Waals surface area contributed by atoms with Crippen LogP contribution in [0.15, 0.2) is 77.5 Å². The van der Waals surface area contributed by atoms with E-state index in [0.29, 0.717) is 11.5 Å². The first-order valence-corrected chi connectivity index (χ1v) is 8.07. The Balaban J connectivity index is 1.34. The van der Waals surface area contributed by atoms with Gasteiger partial charge >= 0.3 is 5.97 Å². The summed E-state index contributed by atoms with van der Waals surface area (Å²) in [5.41, 5.74) is 3.26. The van der Waals surface area contributed by atoms with Crippen LogP contribution in [0.4, 0.5) is 0 Å². The van der Waals surface area contributed by atoms with Gasteiger partial charge in [0.05, 0.1) is 5.69 Å². The van der Waals surface area contributed by atoms with Gasteiger partial charge in [-0.3, -0.25) is 0 Å². The van der Waals surface area contributed by atoms with E-state index in [2.05, 4.69) is 10.1 Å². The summed E-state index contributed by atoms with van der Waals surface area (Å²) >= 11 is 0. The third-order valence-corrected chi connectivity index (χ3v) is 3.76. The first kappa shape index (κ1) is 15.8. The molecule has 2 aromatic heterocycles. The molecule has 0 unspecified atom stereocenters. The van der Waals surface area contributed by atoms with Crippen LogP contribution in [-0.4, -0.2) is 20.7 Å². The third-order valence-electron chi connectivity index (χ3n) is 3.76. The summed E-state index contributed by atoms with van der Waals surface area (Å²) < 4.78 is 12.5. The SMILES string of the molecule is O=C(/C=C/c1nc2ccccc2o1)OCc1ccc(-n2cccn2)cc1. The maximum Gasteiger partial charge on any atom is 0.331 e. The maximum absolute atomic E-state index is 11.9. The van der Waals surface area contributed by atoms with Crippen LogP contribution in [0, 0.1) is 0 Å². The van der Waals surface area contributed by atoms with Crippen molar-refractivity contribution in [2.45, 2.75) is 6.61 Å². The Morgan fingerprint density at radius 3 is 2.73 bits per heavy atom. The molecule has 0 fully saturated rings. The fourth-order valence-corrected chi connectivity index (χ4v) is 2.47. The molecule has 4 rings (SSSR count). The number of ether oxygens (including phenoxy) is 1. The van der Waals surface area contributed by atoms with Gasteiger partial charge in [0, 0.05) is 24.5 Å². The van der Waals surface area contributed by atoms with Crippen LogP contribution in [0.1, 0.15) is 11.5 Å². The predicted molar refractivity (Wildman–Crippen MR) is 96.4 cm³/mol. The zero-order valence-corrected chi connectivity index (χ0v) is 13.8. The largest absolute Gasteiger partial charge is 0.458 e. The number of esters is 1. The molecule has 0 spiro atoms. The molecule has 6 nitrogen and oxygen atoms in total. The lowest BCUT2D eigenvalue weighted by Gasteiger charge is -2.04. The second-order valence-corrected chi connectivity index (χ2v) is 5.58. The average molecular weight is 345 g/mol. The monoisotopic (exact) mass is 345 g/mol. The van der Waals surface area contributed by atoms with Crippen molar-refractivity contribution in [1.82, 2.24) is 14.8 Å². The highest BCUT2D eigenvalue weighted by molar-refractivity contribution is 5.86. The van der Waals surface area contributed by atoms with E-state index in [-0.39, 0.29) is 6.61 Å². The number of para-hydroxylation sites is 2. The molecular formula is C20H15N3O3. The van der Waals surface area contributed by atoms with Crippen LogP contribution in [0.3, 0.4) is 0 Å². The van der Waals surface area contributed by atoms with E-state index in [1.807, 2.05) is 60.8 Å². The van der Waals surface area contributed by atoms with Crippen molar-refractivity contribution in [3.05, 3.63) is 84.5 Å². The van der Waals surface area contributed by atoms with Gasteiger partial charge in [0.25, 0.3) is 0 Å². The molecule has 128 valence electrons. The summed E-state index contributed by atoms with van der Waals surface area (Å²) in [7, 11) is 0. The zero-order chi connectivity index (χ0) is 17.8. The highest BCUT2D eigenvalue weighted by Crippen LogP contribution is 2.15. The highest BCUT2D eigenvalue weighted by Gasteiger charge is 2.04. The van der Waals surface area contributed by atoms with Crippen molar-refractivity contribution in [2.24, 2.45) is 0 Å². The summed E-state index contributed by atoms with van der Waals surface area (Å²) in [6, 6.07) is 16.9. The first-order valence-electron chi connectivity index (χ1n) is 8.07. The Morgan fingerprint density at radius 1 is 1.12 bits per heavy atom. The minimum atomic E-state index is -0.455. The molecule has 0 N–H and O–H groups in total. The number of aromatic nitrogens is 3. The quantitative estimate of drug-likeness (QED) is 0.407. The second kappa shape index (κ2) is 7.06. The summed E-state index contributed by atoms with van der Waals surface area (Å²) in [4.78, 5) is 16.1. The lowest BCUT2D eigenvalue weighted by atomic mass is 10.2. The number of hydrogen-bond donors (Lipinski definition) is 0. The van der Waals surface area contributed by atoms with E-state index in [0.717, 1.165) is 16.8 Å². The van der Waals surface area contributed by atoms with E-state index in [9.17, 15) is 4.79 Å². The minimum Gasteiger partial charge on any atom is -0.458 e. The molecule has 26 heavy (non-hydrogen) atoms. The van der Waals surface area contributed by atoms with Gasteiger partial charge in [-0.05, 0) is 35.9 Å². The number of fused-ring (bicyclic) bond motifs is 1. The second-order valence-electron chi connectivity index (χ2n) is 5.58. The van der Waals surface area contributed by atoms with Crippen molar-refractivity contribution >= 4 is 23.1 Å². The van der Waals surface area contributed by atoms with Crippen LogP contribution in [0.5, 0.6) is 0 Å². The van der Waals surface area contributed by atoms with Gasteiger partial charge in [0.1, 0.15) is 12.1 Å². The molecule has 0 bridgehead atoms. The fraction of sp³-hybridized carbons (Fsp3) is 0.0500. The maximum atomic E-state index is 11.9. The minimum absolute atomic E-state index is 0.191. The smallest absolute Gasteiger partial charge is 0.331 e. The van der Waals surface area contributed by atoms with Crippen molar-refractivity contribution < 1.29 is 13.9 Å². The van der Waals surface area contributed by atoms with E-state index in [4.69, 9.17) is 9.15 Å². The number of hydrogen-bond acceptors (Lipinski definition) is 5. The van der Waals surface area contributed by atoms with Crippen molar-refractivity contribution in [1.29, 1.82) is 0 Å². The molecule has 2 aromatic carbocycles. The van der Waals surface area contributed by atoms with Crippen LogP contribution in [0.2, 0.25) is 0 Å². The van der Waals surface area contributed by atoms with Gasteiger partial charge in [0.2, 0.25) is 5.89 Å². The van der Waals surface area contributed by atoms with Crippen LogP contribution in [0.25, 0.3) is 22.9 Å². The van der Waals surface area contributed by atoms with Gasteiger partial charge in [0.15, 0.2) is 5.58 Å². The molecule has 0 saturated carbocycles. The Hall–Kier alpha value is -3.67. The van der Waals surface area contributed by atoms with Gasteiger partial charge in [-0.2, -0.15) is 5.10 Å². The number of carbonyl (C=O) groups is 1. The number of benzene rings is 2. The Labute approximate surface area is 149 Å². The van der Waals surface area contributed by atoms with E-state index in [1.165, 1.54) is 12.2 Å². The molecule has 2 heterocycles. The van der Waals surface area contributed by atoms with Crippen LogP contribution in [-0.2, 0) is 16.1 Å². The van der Waals surface area contributed by atoms with Crippen LogP contribution >= 0.6 is 0 Å². The topological polar surface area (TPSA) is 70.2 Å². The fourth-order valence-electron chi connectivity index (χ4n) is 2.47. The lowest BCUT2D eigenvalue weighted by molar-refractivity contribution is -0.138. The number of carbonyl (C=O) groups excluding carboxylic acids is 1. The molecule has 0 saturated heterocycles. The molecule has 0 radical (unpaired) electrons. The number of nitrogens with zero attached hydrogens (tertiary/aromatic N) is 3. The number of rotatable bonds is 5. The summed E-state index contributed by atoms with van der Waals surface area (Å²) in [5, 5.41) is 4.17. The summed E-state index contributed by atoms with van der Waals surface area (Å²) in [5.74, 6) is -0.0878. The Kier molecular flexibility index (Phi) is 4.30. The molecule has 4 aromatic rings. The Morgan fingerprint density at radius 2 is 1.96 bits per heavy atom. The third kappa shape index (κ3) is 3.54. The van der Waals surface area contributed by atoms with Crippen molar-refractivity contribution in [3.63, 3.8) is 0 Å². The molecular weight excluding hydrogens is 330 g/mol. The molecule has 0 atom stereocenters. The van der Waals surface area contributed by atoms with E-state index < -0.39 is 5.97 Å². The average Bonchev–Trinajstić information content (AvgIpc) is 3.34. The van der Waals surface area contributed by atoms with Gasteiger partial charge < -0.3 is 9.15 Å². The van der Waals surface area contributed by atoms with Crippen molar-refractivity contribution in [3.8, 4) is 5.69 Å². The van der Waals surface area contributed by atoms with Gasteiger partial charge in [-0.25, -0.2) is 14.5 Å². The van der Waals surface area contributed by atoms with Crippen molar-refractivity contribution in [2.75, 3.05) is 0 Å². The predicted octanol–water partition coefficient (Wildman–Crippen LogP) is 3.77. The zero-order valence-electron chi connectivity index (χ0n) is 13.8. The number of oxazole rings is 1. The molecule has 6 heteroatoms. The normalized spacial score (nSPS) is 11.2. The Bertz CT molecular complexity index is 1010. The first-order chi connectivity index (χ1) is 12.8. The lowest BCUT2D eigenvalue weighted by Crippen LogP contribution is -2.01.